The number of anilines is 1. The molecule has 94 valence electrons. The summed E-state index contributed by atoms with van der Waals surface area (Å²) in [5.74, 6) is 1.47. The lowest BCUT2D eigenvalue weighted by Crippen LogP contribution is -2.33. The van der Waals surface area contributed by atoms with Crippen molar-refractivity contribution in [3.05, 3.63) is 17.8 Å². The van der Waals surface area contributed by atoms with Gasteiger partial charge in [-0.25, -0.2) is 8.42 Å². The predicted octanol–water partition coefficient (Wildman–Crippen LogP) is 0.839. The number of rotatable bonds is 3. The van der Waals surface area contributed by atoms with Crippen LogP contribution < -0.4 is 4.90 Å². The second kappa shape index (κ2) is 4.78. The second-order valence-corrected chi connectivity index (χ2v) is 6.68. The maximum atomic E-state index is 11.4. The van der Waals surface area contributed by atoms with Gasteiger partial charge in [-0.3, -0.25) is 0 Å². The van der Waals surface area contributed by atoms with Gasteiger partial charge < -0.3 is 4.90 Å². The fourth-order valence-corrected chi connectivity index (χ4v) is 3.80. The van der Waals surface area contributed by atoms with Gasteiger partial charge in [0, 0.05) is 13.1 Å². The molecule has 1 aliphatic heterocycles. The highest BCUT2D eigenvalue weighted by Gasteiger charge is 2.31. The highest BCUT2D eigenvalue weighted by Crippen LogP contribution is 2.20. The Hall–Kier alpha value is -0.880. The van der Waals surface area contributed by atoms with Crippen molar-refractivity contribution in [2.75, 3.05) is 23.5 Å². The summed E-state index contributed by atoms with van der Waals surface area (Å²) in [6.07, 6.45) is 0.651. The van der Waals surface area contributed by atoms with Crippen molar-refractivity contribution in [3.8, 4) is 0 Å². The molecular formula is C10H14ClN3O2S. The van der Waals surface area contributed by atoms with Crippen LogP contribution in [0, 0.1) is 0 Å². The SMILES string of the molecule is CN(c1ccc(CCl)nn1)C1CCS(=O)(=O)C1. The van der Waals surface area contributed by atoms with E-state index < -0.39 is 9.84 Å². The van der Waals surface area contributed by atoms with E-state index in [1.165, 1.54) is 0 Å². The van der Waals surface area contributed by atoms with Crippen molar-refractivity contribution in [2.24, 2.45) is 0 Å². The zero-order valence-corrected chi connectivity index (χ0v) is 11.1. The Morgan fingerprint density at radius 3 is 2.71 bits per heavy atom. The number of hydrogen-bond donors (Lipinski definition) is 0. The van der Waals surface area contributed by atoms with Crippen LogP contribution in [-0.4, -0.2) is 43.2 Å². The summed E-state index contributed by atoms with van der Waals surface area (Å²) in [6, 6.07) is 3.61. The standard InChI is InChI=1S/C10H14ClN3O2S/c1-14(9-4-5-17(15,16)7-9)10-3-2-8(6-11)12-13-10/h2-3,9H,4-7H2,1H3. The average Bonchev–Trinajstić information content (AvgIpc) is 2.69. The highest BCUT2D eigenvalue weighted by atomic mass is 35.5. The summed E-state index contributed by atoms with van der Waals surface area (Å²) in [5, 5.41) is 7.99. The largest absolute Gasteiger partial charge is 0.354 e. The Morgan fingerprint density at radius 2 is 2.24 bits per heavy atom. The lowest BCUT2D eigenvalue weighted by molar-refractivity contribution is 0.600. The molecule has 1 atom stereocenters. The van der Waals surface area contributed by atoms with Gasteiger partial charge in [-0.1, -0.05) is 0 Å². The highest BCUT2D eigenvalue weighted by molar-refractivity contribution is 7.91. The summed E-state index contributed by atoms with van der Waals surface area (Å²) in [4.78, 5) is 1.87. The van der Waals surface area contributed by atoms with E-state index in [-0.39, 0.29) is 17.5 Å². The van der Waals surface area contributed by atoms with Gasteiger partial charge in [0.1, 0.15) is 0 Å². The molecule has 17 heavy (non-hydrogen) atoms. The molecule has 2 rings (SSSR count). The second-order valence-electron chi connectivity index (χ2n) is 4.18. The van der Waals surface area contributed by atoms with Crippen LogP contribution in [0.4, 0.5) is 5.82 Å². The summed E-state index contributed by atoms with van der Waals surface area (Å²) in [7, 11) is -1.03. The van der Waals surface area contributed by atoms with E-state index >= 15 is 0 Å². The van der Waals surface area contributed by atoms with E-state index in [0.717, 1.165) is 0 Å². The van der Waals surface area contributed by atoms with Gasteiger partial charge >= 0.3 is 0 Å². The van der Waals surface area contributed by atoms with Gasteiger partial charge in [0.05, 0.1) is 23.1 Å². The van der Waals surface area contributed by atoms with Crippen LogP contribution in [0.5, 0.6) is 0 Å². The molecule has 7 heteroatoms. The molecule has 0 amide bonds. The third-order valence-electron chi connectivity index (χ3n) is 2.96. The fraction of sp³-hybridized carbons (Fsp3) is 0.600. The number of aromatic nitrogens is 2. The molecule has 1 aromatic heterocycles. The molecule has 1 saturated heterocycles. The first kappa shape index (κ1) is 12.6. The molecular weight excluding hydrogens is 262 g/mol. The van der Waals surface area contributed by atoms with E-state index in [1.807, 2.05) is 18.0 Å². The Morgan fingerprint density at radius 1 is 1.47 bits per heavy atom. The normalized spacial score (nSPS) is 22.6. The smallest absolute Gasteiger partial charge is 0.152 e. The molecule has 1 aliphatic rings. The van der Waals surface area contributed by atoms with Crippen LogP contribution in [0.25, 0.3) is 0 Å². The number of halogens is 1. The molecule has 5 nitrogen and oxygen atoms in total. The van der Waals surface area contributed by atoms with Crippen LogP contribution in [0.15, 0.2) is 12.1 Å². The van der Waals surface area contributed by atoms with Gasteiger partial charge in [-0.15, -0.1) is 16.7 Å². The first-order valence-corrected chi connectivity index (χ1v) is 7.69. The molecule has 0 bridgehead atoms. The van der Waals surface area contributed by atoms with Gasteiger partial charge in [0.25, 0.3) is 0 Å². The topological polar surface area (TPSA) is 63.2 Å². The van der Waals surface area contributed by atoms with Gasteiger partial charge in [0.15, 0.2) is 15.7 Å². The molecule has 2 heterocycles. The molecule has 0 saturated carbocycles. The van der Waals surface area contributed by atoms with Gasteiger partial charge in [0.2, 0.25) is 0 Å². The molecule has 1 unspecified atom stereocenters. The summed E-state index contributed by atoms with van der Waals surface area (Å²) in [5.41, 5.74) is 0.711. The quantitative estimate of drug-likeness (QED) is 0.765. The molecule has 0 aliphatic carbocycles. The maximum Gasteiger partial charge on any atom is 0.152 e. The predicted molar refractivity (Wildman–Crippen MR) is 67.1 cm³/mol. The number of sulfone groups is 1. The Bertz CT molecular complexity index is 489. The van der Waals surface area contributed by atoms with Crippen molar-refractivity contribution in [1.82, 2.24) is 10.2 Å². The van der Waals surface area contributed by atoms with Crippen LogP contribution >= 0.6 is 11.6 Å². The van der Waals surface area contributed by atoms with Crippen molar-refractivity contribution >= 4 is 27.3 Å². The van der Waals surface area contributed by atoms with Crippen molar-refractivity contribution < 1.29 is 8.42 Å². The molecule has 1 fully saturated rings. The van der Waals surface area contributed by atoms with Gasteiger partial charge in [-0.2, -0.15) is 5.10 Å². The minimum Gasteiger partial charge on any atom is -0.354 e. The van der Waals surface area contributed by atoms with E-state index in [4.69, 9.17) is 11.6 Å². The lowest BCUT2D eigenvalue weighted by atomic mass is 10.2. The molecule has 0 aromatic carbocycles. The van der Waals surface area contributed by atoms with E-state index in [9.17, 15) is 8.42 Å². The van der Waals surface area contributed by atoms with E-state index in [2.05, 4.69) is 10.2 Å². The van der Waals surface area contributed by atoms with Crippen molar-refractivity contribution in [2.45, 2.75) is 18.3 Å². The van der Waals surface area contributed by atoms with Crippen LogP contribution in [0.2, 0.25) is 0 Å². The lowest BCUT2D eigenvalue weighted by Gasteiger charge is -2.23. The van der Waals surface area contributed by atoms with E-state index in [1.54, 1.807) is 6.07 Å². The van der Waals surface area contributed by atoms with Crippen LogP contribution in [-0.2, 0) is 15.7 Å². The summed E-state index contributed by atoms with van der Waals surface area (Å²) < 4.78 is 22.8. The maximum absolute atomic E-state index is 11.4. The number of nitrogens with zero attached hydrogens (tertiary/aromatic N) is 3. The number of hydrogen-bond acceptors (Lipinski definition) is 5. The zero-order valence-electron chi connectivity index (χ0n) is 9.50. The van der Waals surface area contributed by atoms with E-state index in [0.29, 0.717) is 23.8 Å². The number of alkyl halides is 1. The first-order valence-electron chi connectivity index (χ1n) is 5.33. The molecule has 0 radical (unpaired) electrons. The summed E-state index contributed by atoms with van der Waals surface area (Å²) >= 11 is 5.63. The Labute approximate surface area is 106 Å². The average molecular weight is 276 g/mol. The molecule has 1 aromatic rings. The van der Waals surface area contributed by atoms with Crippen LogP contribution in [0.3, 0.4) is 0 Å². The van der Waals surface area contributed by atoms with Crippen molar-refractivity contribution in [1.29, 1.82) is 0 Å². The third-order valence-corrected chi connectivity index (χ3v) is 4.98. The zero-order chi connectivity index (χ0) is 12.5. The third kappa shape index (κ3) is 2.87. The molecule has 0 spiro atoms. The first-order chi connectivity index (χ1) is 8.02. The molecule has 0 N–H and O–H groups in total. The van der Waals surface area contributed by atoms with Crippen molar-refractivity contribution in [3.63, 3.8) is 0 Å². The van der Waals surface area contributed by atoms with Crippen LogP contribution in [0.1, 0.15) is 12.1 Å². The van der Waals surface area contributed by atoms with Gasteiger partial charge in [-0.05, 0) is 18.6 Å². The Balaban J connectivity index is 2.11. The minimum absolute atomic E-state index is 0.00356. The summed E-state index contributed by atoms with van der Waals surface area (Å²) in [6.45, 7) is 0. The monoisotopic (exact) mass is 275 g/mol. The minimum atomic E-state index is -2.87. The fourth-order valence-electron chi connectivity index (χ4n) is 1.88. The Kier molecular flexibility index (Phi) is 3.53.